The summed E-state index contributed by atoms with van der Waals surface area (Å²) >= 11 is 12.9. The fourth-order valence-corrected chi connectivity index (χ4v) is 4.25. The van der Waals surface area contributed by atoms with Crippen LogP contribution < -0.4 is 0 Å². The van der Waals surface area contributed by atoms with Crippen molar-refractivity contribution in [1.29, 1.82) is 5.26 Å². The lowest BCUT2D eigenvalue weighted by atomic mass is 10.0. The molecule has 0 aliphatic heterocycles. The summed E-state index contributed by atoms with van der Waals surface area (Å²) in [6.45, 7) is 0. The number of aromatic nitrogens is 1. The van der Waals surface area contributed by atoms with Gasteiger partial charge in [0.15, 0.2) is 0 Å². The van der Waals surface area contributed by atoms with Gasteiger partial charge in [-0.3, -0.25) is 0 Å². The summed E-state index contributed by atoms with van der Waals surface area (Å²) in [4.78, 5) is 12.1. The number of benzene rings is 3. The number of aliphatic hydroxyl groups is 1. The molecule has 5 nitrogen and oxygen atoms in total. The van der Waals surface area contributed by atoms with Crippen LogP contribution in [0.25, 0.3) is 16.6 Å². The molecular weight excluding hydrogens is 435 g/mol. The van der Waals surface area contributed by atoms with Gasteiger partial charge in [-0.05, 0) is 42.5 Å². The SMILES string of the molecule is COC(=O)c1ccc(Cl)c(C(O)c2cc3ccc(C#N)cc3n2-c2ccccc2)c1Cl. The Morgan fingerprint density at radius 1 is 1.10 bits per heavy atom. The minimum absolute atomic E-state index is 0.0226. The fraction of sp³-hybridized carbons (Fsp3) is 0.0833. The number of esters is 1. The summed E-state index contributed by atoms with van der Waals surface area (Å²) in [5, 5.41) is 21.8. The average Bonchev–Trinajstić information content (AvgIpc) is 3.17. The number of methoxy groups -OCH3 is 1. The van der Waals surface area contributed by atoms with Crippen LogP contribution in [0.2, 0.25) is 10.0 Å². The van der Waals surface area contributed by atoms with Crippen LogP contribution in [0.15, 0.2) is 66.7 Å². The lowest BCUT2D eigenvalue weighted by Gasteiger charge is -2.19. The van der Waals surface area contributed by atoms with E-state index in [1.54, 1.807) is 12.1 Å². The van der Waals surface area contributed by atoms with Gasteiger partial charge < -0.3 is 14.4 Å². The van der Waals surface area contributed by atoms with Gasteiger partial charge in [0.2, 0.25) is 0 Å². The van der Waals surface area contributed by atoms with Gasteiger partial charge in [0.1, 0.15) is 6.10 Å². The van der Waals surface area contributed by atoms with E-state index in [1.165, 1.54) is 19.2 Å². The van der Waals surface area contributed by atoms with E-state index in [0.717, 1.165) is 16.6 Å². The predicted octanol–water partition coefficient (Wildman–Crippen LogP) is 5.68. The van der Waals surface area contributed by atoms with Crippen molar-refractivity contribution in [2.75, 3.05) is 7.11 Å². The highest BCUT2D eigenvalue weighted by atomic mass is 35.5. The van der Waals surface area contributed by atoms with Gasteiger partial charge in [0.05, 0.1) is 40.5 Å². The van der Waals surface area contributed by atoms with Crippen molar-refractivity contribution >= 4 is 40.1 Å². The maximum atomic E-state index is 12.1. The van der Waals surface area contributed by atoms with E-state index in [0.29, 0.717) is 11.3 Å². The van der Waals surface area contributed by atoms with Gasteiger partial charge in [-0.15, -0.1) is 0 Å². The van der Waals surface area contributed by atoms with Gasteiger partial charge >= 0.3 is 5.97 Å². The molecule has 0 saturated carbocycles. The Kier molecular flexibility index (Phi) is 5.71. The molecule has 31 heavy (non-hydrogen) atoms. The molecule has 7 heteroatoms. The molecule has 0 amide bonds. The summed E-state index contributed by atoms with van der Waals surface area (Å²) < 4.78 is 6.63. The predicted molar refractivity (Wildman–Crippen MR) is 120 cm³/mol. The third-order valence-electron chi connectivity index (χ3n) is 5.06. The maximum Gasteiger partial charge on any atom is 0.339 e. The Balaban J connectivity index is 1.99. The molecule has 0 spiro atoms. The number of rotatable bonds is 4. The Morgan fingerprint density at radius 3 is 2.52 bits per heavy atom. The molecule has 3 aromatic carbocycles. The van der Waals surface area contributed by atoms with E-state index in [2.05, 4.69) is 6.07 Å². The van der Waals surface area contributed by atoms with Crippen LogP contribution in [0, 0.1) is 11.3 Å². The van der Waals surface area contributed by atoms with Crippen molar-refractivity contribution in [2.45, 2.75) is 6.10 Å². The van der Waals surface area contributed by atoms with Gasteiger partial charge in [-0.1, -0.05) is 47.5 Å². The highest BCUT2D eigenvalue weighted by molar-refractivity contribution is 6.38. The lowest BCUT2D eigenvalue weighted by Crippen LogP contribution is -2.11. The van der Waals surface area contributed by atoms with Gasteiger partial charge in [0, 0.05) is 21.7 Å². The Labute approximate surface area is 188 Å². The van der Waals surface area contributed by atoms with Crippen molar-refractivity contribution in [2.24, 2.45) is 0 Å². The van der Waals surface area contributed by atoms with Crippen molar-refractivity contribution in [1.82, 2.24) is 4.57 Å². The topological polar surface area (TPSA) is 75.2 Å². The van der Waals surface area contributed by atoms with Crippen LogP contribution in [0.1, 0.15) is 33.3 Å². The molecule has 4 aromatic rings. The second-order valence-corrected chi connectivity index (χ2v) is 7.63. The highest BCUT2D eigenvalue weighted by Crippen LogP contribution is 2.39. The van der Waals surface area contributed by atoms with E-state index in [-0.39, 0.29) is 21.2 Å². The number of nitrogens with zero attached hydrogens (tertiary/aromatic N) is 2. The first-order valence-electron chi connectivity index (χ1n) is 9.31. The van der Waals surface area contributed by atoms with Crippen molar-refractivity contribution in [3.63, 3.8) is 0 Å². The maximum absolute atomic E-state index is 12.1. The number of hydrogen-bond donors (Lipinski definition) is 1. The zero-order valence-electron chi connectivity index (χ0n) is 16.3. The number of halogens is 2. The second-order valence-electron chi connectivity index (χ2n) is 6.84. The lowest BCUT2D eigenvalue weighted by molar-refractivity contribution is 0.0600. The van der Waals surface area contributed by atoms with Crippen LogP contribution in [-0.2, 0) is 4.74 Å². The van der Waals surface area contributed by atoms with Crippen LogP contribution in [0.5, 0.6) is 0 Å². The largest absolute Gasteiger partial charge is 0.465 e. The molecule has 0 aliphatic carbocycles. The fourth-order valence-electron chi connectivity index (χ4n) is 3.59. The molecule has 1 atom stereocenters. The second kappa shape index (κ2) is 8.44. The molecule has 0 radical (unpaired) electrons. The van der Waals surface area contributed by atoms with Crippen LogP contribution in [0.3, 0.4) is 0 Å². The first-order valence-corrected chi connectivity index (χ1v) is 10.1. The zero-order valence-corrected chi connectivity index (χ0v) is 17.9. The van der Waals surface area contributed by atoms with Crippen molar-refractivity contribution < 1.29 is 14.6 Å². The van der Waals surface area contributed by atoms with E-state index < -0.39 is 12.1 Å². The molecular formula is C24H16Cl2N2O3. The van der Waals surface area contributed by atoms with Crippen LogP contribution in [0.4, 0.5) is 0 Å². The molecule has 154 valence electrons. The Morgan fingerprint density at radius 2 is 1.84 bits per heavy atom. The van der Waals surface area contributed by atoms with E-state index in [4.69, 9.17) is 27.9 Å². The highest BCUT2D eigenvalue weighted by Gasteiger charge is 2.26. The van der Waals surface area contributed by atoms with E-state index >= 15 is 0 Å². The average molecular weight is 451 g/mol. The minimum Gasteiger partial charge on any atom is -0.465 e. The Bertz CT molecular complexity index is 1340. The van der Waals surface area contributed by atoms with Gasteiger partial charge in [-0.25, -0.2) is 4.79 Å². The summed E-state index contributed by atoms with van der Waals surface area (Å²) in [5.41, 5.74) is 2.83. The quantitative estimate of drug-likeness (QED) is 0.406. The van der Waals surface area contributed by atoms with Crippen LogP contribution >= 0.6 is 23.2 Å². The van der Waals surface area contributed by atoms with E-state index in [9.17, 15) is 15.2 Å². The number of ether oxygens (including phenoxy) is 1. The molecule has 0 fully saturated rings. The van der Waals surface area contributed by atoms with E-state index in [1.807, 2.05) is 47.0 Å². The first kappa shape index (κ1) is 21.0. The number of para-hydroxylation sites is 1. The first-order chi connectivity index (χ1) is 15.0. The monoisotopic (exact) mass is 450 g/mol. The molecule has 1 aromatic heterocycles. The zero-order chi connectivity index (χ0) is 22.1. The van der Waals surface area contributed by atoms with Gasteiger partial charge in [-0.2, -0.15) is 5.26 Å². The molecule has 1 unspecified atom stereocenters. The summed E-state index contributed by atoms with van der Waals surface area (Å²) in [6.07, 6.45) is -1.25. The molecule has 4 rings (SSSR count). The summed E-state index contributed by atoms with van der Waals surface area (Å²) in [5.74, 6) is -0.627. The standard InChI is InChI=1S/C24H16Cl2N2O3/c1-31-24(30)17-9-10-18(25)21(22(17)26)23(29)20-12-15-8-7-14(13-27)11-19(15)28(20)16-5-3-2-4-6-16/h2-12,23,29H,1H3. The number of carbonyl (C=O) groups excluding carboxylic acids is 1. The summed E-state index contributed by atoms with van der Waals surface area (Å²) in [6, 6.07) is 21.6. The number of aliphatic hydroxyl groups excluding tert-OH is 1. The third kappa shape index (κ3) is 3.66. The Hall–Kier alpha value is -3.30. The number of carbonyl (C=O) groups is 1. The normalized spacial score (nSPS) is 11.8. The number of hydrogen-bond acceptors (Lipinski definition) is 4. The molecule has 0 aliphatic rings. The minimum atomic E-state index is -1.25. The van der Waals surface area contributed by atoms with Crippen LogP contribution in [-0.4, -0.2) is 22.8 Å². The third-order valence-corrected chi connectivity index (χ3v) is 5.80. The number of nitriles is 1. The molecule has 0 bridgehead atoms. The van der Waals surface area contributed by atoms with Crippen molar-refractivity contribution in [3.8, 4) is 11.8 Å². The smallest absolute Gasteiger partial charge is 0.339 e. The van der Waals surface area contributed by atoms with Gasteiger partial charge in [0.25, 0.3) is 0 Å². The molecule has 0 saturated heterocycles. The summed E-state index contributed by atoms with van der Waals surface area (Å²) in [7, 11) is 1.25. The number of fused-ring (bicyclic) bond motifs is 1. The molecule has 1 N–H and O–H groups in total. The van der Waals surface area contributed by atoms with Crippen molar-refractivity contribution in [3.05, 3.63) is 99.2 Å². The molecule has 1 heterocycles.